The van der Waals surface area contributed by atoms with Crippen molar-refractivity contribution in [2.24, 2.45) is 0 Å². The number of hydrogen-bond acceptors (Lipinski definition) is 8. The van der Waals surface area contributed by atoms with Gasteiger partial charge in [0.25, 0.3) is 0 Å². The molecule has 9 nitrogen and oxygen atoms in total. The van der Waals surface area contributed by atoms with Crippen molar-refractivity contribution in [2.45, 2.75) is 61.6 Å². The first-order chi connectivity index (χ1) is 13.2. The fourth-order valence-corrected chi connectivity index (χ4v) is 7.04. The second-order valence-electron chi connectivity index (χ2n) is 8.35. The molecule has 0 aliphatic carbocycles. The minimum Gasteiger partial charge on any atom is -0.314 e. The molecule has 0 spiro atoms. The minimum absolute atomic E-state index is 0.0476. The van der Waals surface area contributed by atoms with Gasteiger partial charge in [-0.3, -0.25) is 14.9 Å². The van der Waals surface area contributed by atoms with Crippen LogP contribution in [0.5, 0.6) is 0 Å². The normalized spacial score (nSPS) is 33.3. The van der Waals surface area contributed by atoms with E-state index in [4.69, 9.17) is 0 Å². The highest BCUT2D eigenvalue weighted by Crippen LogP contribution is 2.58. The zero-order valence-corrected chi connectivity index (χ0v) is 17.5. The molecule has 3 fully saturated rings. The third-order valence-corrected chi connectivity index (χ3v) is 8.22. The van der Waals surface area contributed by atoms with Crippen molar-refractivity contribution >= 4 is 34.9 Å². The van der Waals surface area contributed by atoms with E-state index in [1.54, 1.807) is 28.0 Å². The molecular formula is C17H21N7O2S2. The number of aromatic amines is 1. The molecule has 0 radical (unpaired) electrons. The monoisotopic (exact) mass is 419 g/mol. The van der Waals surface area contributed by atoms with Crippen molar-refractivity contribution in [2.75, 3.05) is 0 Å². The lowest BCUT2D eigenvalue weighted by atomic mass is 9.93. The maximum Gasteiger partial charge on any atom is 0.250 e. The summed E-state index contributed by atoms with van der Waals surface area (Å²) in [5.41, 5.74) is -0.616. The molecule has 3 aliphatic rings. The van der Waals surface area contributed by atoms with Crippen molar-refractivity contribution in [3.63, 3.8) is 0 Å². The SMILES string of the molecule is CC1(C)SC2C(N3C(=O)C(c4cccs4)NC3(C)C)C(=O)N2C1c1nnn[nH]1. The zero-order chi connectivity index (χ0) is 19.8. The smallest absolute Gasteiger partial charge is 0.250 e. The van der Waals surface area contributed by atoms with E-state index in [0.717, 1.165) is 4.88 Å². The van der Waals surface area contributed by atoms with Crippen molar-refractivity contribution in [3.8, 4) is 0 Å². The Kier molecular flexibility index (Phi) is 3.72. The van der Waals surface area contributed by atoms with E-state index in [9.17, 15) is 9.59 Å². The predicted molar refractivity (Wildman–Crippen MR) is 104 cm³/mol. The highest BCUT2D eigenvalue weighted by molar-refractivity contribution is 8.01. The van der Waals surface area contributed by atoms with Gasteiger partial charge in [0.2, 0.25) is 11.8 Å². The predicted octanol–water partition coefficient (Wildman–Crippen LogP) is 1.27. The Morgan fingerprint density at radius 3 is 2.61 bits per heavy atom. The summed E-state index contributed by atoms with van der Waals surface area (Å²) < 4.78 is -0.274. The van der Waals surface area contributed by atoms with E-state index in [2.05, 4.69) is 39.8 Å². The standard InChI is InChI=1S/C17H21N7O2S2/c1-16(2)11(12-19-21-22-20-12)23-14(26)10(15(23)28-16)24-13(25)9(18-17(24,3)4)8-6-5-7-27-8/h5-7,9-11,15,18H,1-4H3,(H,19,20,21,22). The van der Waals surface area contributed by atoms with Crippen LogP contribution >= 0.6 is 23.1 Å². The number of β-lactam (4-membered cyclic amide) rings is 1. The van der Waals surface area contributed by atoms with Crippen LogP contribution in [0.3, 0.4) is 0 Å². The van der Waals surface area contributed by atoms with Crippen LogP contribution < -0.4 is 5.32 Å². The van der Waals surface area contributed by atoms with Crippen LogP contribution in [0.25, 0.3) is 0 Å². The molecule has 4 unspecified atom stereocenters. The second-order valence-corrected chi connectivity index (χ2v) is 11.1. The van der Waals surface area contributed by atoms with E-state index < -0.39 is 17.7 Å². The minimum atomic E-state index is -0.616. The Labute approximate surface area is 170 Å². The Hall–Kier alpha value is -1.98. The van der Waals surface area contributed by atoms with Crippen molar-refractivity contribution in [1.82, 2.24) is 35.7 Å². The molecule has 148 valence electrons. The van der Waals surface area contributed by atoms with E-state index in [-0.39, 0.29) is 28.0 Å². The maximum absolute atomic E-state index is 13.3. The van der Waals surface area contributed by atoms with Crippen LogP contribution in [-0.4, -0.2) is 64.1 Å². The molecule has 0 bridgehead atoms. The number of fused-ring (bicyclic) bond motifs is 1. The maximum atomic E-state index is 13.3. The van der Waals surface area contributed by atoms with Gasteiger partial charge in [0.05, 0.1) is 5.66 Å². The second kappa shape index (κ2) is 5.77. The van der Waals surface area contributed by atoms with Crippen molar-refractivity contribution in [1.29, 1.82) is 0 Å². The number of nitrogens with zero attached hydrogens (tertiary/aromatic N) is 5. The number of tetrazole rings is 1. The van der Waals surface area contributed by atoms with Gasteiger partial charge < -0.3 is 9.80 Å². The van der Waals surface area contributed by atoms with Gasteiger partial charge in [-0.1, -0.05) is 6.07 Å². The zero-order valence-electron chi connectivity index (χ0n) is 15.9. The summed E-state index contributed by atoms with van der Waals surface area (Å²) in [6, 6.07) is 2.74. The molecule has 2 N–H and O–H groups in total. The number of thioether (sulfide) groups is 1. The molecule has 11 heteroatoms. The third-order valence-electron chi connectivity index (χ3n) is 5.72. The molecule has 2 amide bonds. The van der Waals surface area contributed by atoms with Gasteiger partial charge in [-0.2, -0.15) is 0 Å². The Bertz CT molecular complexity index is 927. The Morgan fingerprint density at radius 1 is 1.18 bits per heavy atom. The average molecular weight is 420 g/mol. The summed E-state index contributed by atoms with van der Waals surface area (Å²) in [5, 5.41) is 19.4. The molecule has 0 aromatic carbocycles. The molecule has 3 saturated heterocycles. The number of rotatable bonds is 3. The molecule has 3 aliphatic heterocycles. The van der Waals surface area contributed by atoms with Crippen molar-refractivity contribution < 1.29 is 9.59 Å². The van der Waals surface area contributed by atoms with Crippen LogP contribution in [0.2, 0.25) is 0 Å². The number of thiophene rings is 1. The van der Waals surface area contributed by atoms with Crippen molar-refractivity contribution in [3.05, 3.63) is 28.2 Å². The van der Waals surface area contributed by atoms with Crippen LogP contribution in [0.1, 0.15) is 50.5 Å². The topological polar surface area (TPSA) is 107 Å². The van der Waals surface area contributed by atoms with Gasteiger partial charge in [-0.25, -0.2) is 5.10 Å². The first-order valence-corrected chi connectivity index (χ1v) is 10.9. The van der Waals surface area contributed by atoms with E-state index in [1.165, 1.54) is 0 Å². The van der Waals surface area contributed by atoms with Gasteiger partial charge in [0, 0.05) is 9.62 Å². The largest absolute Gasteiger partial charge is 0.314 e. The lowest BCUT2D eigenvalue weighted by Crippen LogP contribution is -2.71. The Morgan fingerprint density at radius 2 is 1.96 bits per heavy atom. The number of hydrogen-bond donors (Lipinski definition) is 2. The number of carbonyl (C=O) groups is 2. The van der Waals surface area contributed by atoms with Crippen LogP contribution in [-0.2, 0) is 9.59 Å². The number of nitrogens with one attached hydrogen (secondary N) is 2. The summed E-state index contributed by atoms with van der Waals surface area (Å²) in [4.78, 5) is 31.1. The first-order valence-electron chi connectivity index (χ1n) is 9.10. The van der Waals surface area contributed by atoms with Gasteiger partial charge >= 0.3 is 0 Å². The number of amides is 2. The molecule has 4 atom stereocenters. The third kappa shape index (κ3) is 2.32. The van der Waals surface area contributed by atoms with Gasteiger partial charge in [-0.05, 0) is 49.6 Å². The van der Waals surface area contributed by atoms with Crippen LogP contribution in [0, 0.1) is 0 Å². The highest BCUT2D eigenvalue weighted by Gasteiger charge is 2.67. The quantitative estimate of drug-likeness (QED) is 0.722. The number of carbonyl (C=O) groups excluding carboxylic acids is 2. The number of H-pyrrole nitrogens is 1. The summed E-state index contributed by atoms with van der Waals surface area (Å²) in [6.45, 7) is 8.07. The van der Waals surface area contributed by atoms with E-state index >= 15 is 0 Å². The van der Waals surface area contributed by atoms with E-state index in [0.29, 0.717) is 5.82 Å². The molecule has 2 aromatic heterocycles. The molecule has 5 heterocycles. The summed E-state index contributed by atoms with van der Waals surface area (Å²) in [5.74, 6) is 0.474. The highest BCUT2D eigenvalue weighted by atomic mass is 32.2. The van der Waals surface area contributed by atoms with Crippen LogP contribution in [0.4, 0.5) is 0 Å². The summed E-state index contributed by atoms with van der Waals surface area (Å²) >= 11 is 3.24. The summed E-state index contributed by atoms with van der Waals surface area (Å²) in [7, 11) is 0. The molecule has 5 rings (SSSR count). The molecular weight excluding hydrogens is 398 g/mol. The molecule has 28 heavy (non-hydrogen) atoms. The van der Waals surface area contributed by atoms with Gasteiger partial charge in [0.15, 0.2) is 5.82 Å². The molecule has 2 aromatic rings. The first kappa shape index (κ1) is 18.1. The van der Waals surface area contributed by atoms with E-state index in [1.807, 2.05) is 36.3 Å². The van der Waals surface area contributed by atoms with Gasteiger partial charge in [0.1, 0.15) is 23.5 Å². The lowest BCUT2D eigenvalue weighted by Gasteiger charge is -2.50. The van der Waals surface area contributed by atoms with Crippen LogP contribution in [0.15, 0.2) is 17.5 Å². The Balaban J connectivity index is 1.47. The summed E-state index contributed by atoms with van der Waals surface area (Å²) in [6.07, 6.45) is 0. The number of aromatic nitrogens is 4. The fourth-order valence-electron chi connectivity index (χ4n) is 4.59. The van der Waals surface area contributed by atoms with Gasteiger partial charge in [-0.15, -0.1) is 28.2 Å². The lowest BCUT2D eigenvalue weighted by molar-refractivity contribution is -0.165. The fraction of sp³-hybridized carbons (Fsp3) is 0.588. The molecule has 0 saturated carbocycles. The average Bonchev–Trinajstić information content (AvgIpc) is 3.38.